The minimum atomic E-state index is -0.451. The van der Waals surface area contributed by atoms with E-state index in [0.717, 1.165) is 18.4 Å². The van der Waals surface area contributed by atoms with E-state index in [1.807, 2.05) is 43.3 Å². The number of ether oxygens (including phenoxy) is 1. The summed E-state index contributed by atoms with van der Waals surface area (Å²) in [6.45, 7) is 4.74. The van der Waals surface area contributed by atoms with E-state index in [2.05, 4.69) is 6.92 Å². The molecule has 0 heterocycles. The first-order valence-corrected chi connectivity index (χ1v) is 6.30. The fourth-order valence-electron chi connectivity index (χ4n) is 1.84. The first kappa shape index (κ1) is 13.8. The third-order valence-corrected chi connectivity index (χ3v) is 2.76. The Morgan fingerprint density at radius 1 is 1.24 bits per heavy atom. The summed E-state index contributed by atoms with van der Waals surface area (Å²) >= 11 is 0. The van der Waals surface area contributed by atoms with Crippen molar-refractivity contribution < 1.29 is 9.84 Å². The fraction of sp³-hybridized carbons (Fsp3) is 0.467. The van der Waals surface area contributed by atoms with E-state index in [0.29, 0.717) is 6.61 Å². The average Bonchev–Trinajstić information content (AvgIpc) is 2.38. The molecule has 0 aliphatic heterocycles. The van der Waals surface area contributed by atoms with Gasteiger partial charge in [-0.15, -0.1) is 0 Å². The van der Waals surface area contributed by atoms with Crippen molar-refractivity contribution in [3.63, 3.8) is 0 Å². The topological polar surface area (TPSA) is 29.5 Å². The van der Waals surface area contributed by atoms with E-state index in [9.17, 15) is 5.11 Å². The van der Waals surface area contributed by atoms with Crippen molar-refractivity contribution in [1.29, 1.82) is 0 Å². The van der Waals surface area contributed by atoms with Crippen LogP contribution in [0.15, 0.2) is 42.7 Å². The van der Waals surface area contributed by atoms with Gasteiger partial charge in [0.05, 0.1) is 19.0 Å². The van der Waals surface area contributed by atoms with E-state index >= 15 is 0 Å². The number of hydrogen-bond donors (Lipinski definition) is 1. The Balaban J connectivity index is 2.69. The van der Waals surface area contributed by atoms with Gasteiger partial charge >= 0.3 is 0 Å². The Kier molecular flexibility index (Phi) is 6.41. The van der Waals surface area contributed by atoms with E-state index in [-0.39, 0.29) is 5.92 Å². The lowest BCUT2D eigenvalue weighted by atomic mass is 9.92. The second-order valence-corrected chi connectivity index (χ2v) is 4.09. The standard InChI is InChI=1S/C15H22O2/c1-3-8-13(11-12-17-4-2)15(16)14-9-6-5-7-10-14/h5-7,9-13,15-16H,3-4,8H2,1-2H3/b12-11-. The van der Waals surface area contributed by atoms with Crippen LogP contribution >= 0.6 is 0 Å². The van der Waals surface area contributed by atoms with E-state index in [4.69, 9.17) is 4.74 Å². The monoisotopic (exact) mass is 234 g/mol. The Labute approximate surface area is 104 Å². The summed E-state index contributed by atoms with van der Waals surface area (Å²) in [5, 5.41) is 10.3. The third kappa shape index (κ3) is 4.61. The van der Waals surface area contributed by atoms with Crippen molar-refractivity contribution in [3.05, 3.63) is 48.2 Å². The third-order valence-electron chi connectivity index (χ3n) is 2.76. The van der Waals surface area contributed by atoms with Crippen LogP contribution in [0, 0.1) is 5.92 Å². The van der Waals surface area contributed by atoms with Gasteiger partial charge in [0.15, 0.2) is 0 Å². The van der Waals surface area contributed by atoms with Crippen LogP contribution in [0.25, 0.3) is 0 Å². The van der Waals surface area contributed by atoms with Gasteiger partial charge in [0.25, 0.3) is 0 Å². The van der Waals surface area contributed by atoms with Crippen LogP contribution < -0.4 is 0 Å². The largest absolute Gasteiger partial charge is 0.502 e. The van der Waals surface area contributed by atoms with Gasteiger partial charge in [-0.25, -0.2) is 0 Å². The molecule has 0 bridgehead atoms. The number of benzene rings is 1. The predicted octanol–water partition coefficient (Wildman–Crippen LogP) is 3.69. The van der Waals surface area contributed by atoms with E-state index in [1.165, 1.54) is 0 Å². The molecule has 0 spiro atoms. The number of aliphatic hydroxyl groups excluding tert-OH is 1. The molecule has 0 fully saturated rings. The minimum absolute atomic E-state index is 0.119. The van der Waals surface area contributed by atoms with Crippen LogP contribution in [0.3, 0.4) is 0 Å². The smallest absolute Gasteiger partial charge is 0.0853 e. The highest BCUT2D eigenvalue weighted by Crippen LogP contribution is 2.26. The summed E-state index contributed by atoms with van der Waals surface area (Å²) in [6.07, 6.45) is 5.22. The van der Waals surface area contributed by atoms with Gasteiger partial charge in [0.1, 0.15) is 0 Å². The maximum absolute atomic E-state index is 10.3. The SMILES string of the molecule is CCCC(/C=C\OCC)C(O)c1ccccc1. The zero-order valence-corrected chi connectivity index (χ0v) is 10.7. The molecule has 0 saturated carbocycles. The Hall–Kier alpha value is -1.28. The second kappa shape index (κ2) is 7.91. The van der Waals surface area contributed by atoms with Gasteiger partial charge in [-0.2, -0.15) is 0 Å². The van der Waals surface area contributed by atoms with Crippen LogP contribution in [-0.4, -0.2) is 11.7 Å². The summed E-state index contributed by atoms with van der Waals surface area (Å²) in [7, 11) is 0. The van der Waals surface area contributed by atoms with Gasteiger partial charge in [-0.1, -0.05) is 43.7 Å². The molecule has 1 rings (SSSR count). The van der Waals surface area contributed by atoms with Gasteiger partial charge in [0.2, 0.25) is 0 Å². The molecule has 0 saturated heterocycles. The van der Waals surface area contributed by atoms with Crippen molar-refractivity contribution >= 4 is 0 Å². The first-order valence-electron chi connectivity index (χ1n) is 6.30. The molecule has 0 amide bonds. The molecular formula is C15H22O2. The van der Waals surface area contributed by atoms with Crippen molar-refractivity contribution in [1.82, 2.24) is 0 Å². The molecule has 1 aromatic carbocycles. The highest BCUT2D eigenvalue weighted by atomic mass is 16.5. The molecular weight excluding hydrogens is 212 g/mol. The normalized spacial score (nSPS) is 14.8. The minimum Gasteiger partial charge on any atom is -0.502 e. The summed E-state index contributed by atoms with van der Waals surface area (Å²) in [4.78, 5) is 0. The molecule has 0 radical (unpaired) electrons. The van der Waals surface area contributed by atoms with Crippen molar-refractivity contribution in [3.8, 4) is 0 Å². The number of hydrogen-bond acceptors (Lipinski definition) is 2. The van der Waals surface area contributed by atoms with Crippen molar-refractivity contribution in [2.75, 3.05) is 6.61 Å². The van der Waals surface area contributed by atoms with Crippen LogP contribution in [0.5, 0.6) is 0 Å². The van der Waals surface area contributed by atoms with Crippen LogP contribution in [-0.2, 0) is 4.74 Å². The van der Waals surface area contributed by atoms with Crippen LogP contribution in [0.1, 0.15) is 38.4 Å². The van der Waals surface area contributed by atoms with Gasteiger partial charge in [-0.3, -0.25) is 0 Å². The number of aliphatic hydroxyl groups is 1. The molecule has 2 atom stereocenters. The summed E-state index contributed by atoms with van der Waals surface area (Å²) in [5.74, 6) is 0.119. The maximum atomic E-state index is 10.3. The second-order valence-electron chi connectivity index (χ2n) is 4.09. The molecule has 17 heavy (non-hydrogen) atoms. The zero-order chi connectivity index (χ0) is 12.5. The molecule has 2 nitrogen and oxygen atoms in total. The lowest BCUT2D eigenvalue weighted by molar-refractivity contribution is 0.124. The fourth-order valence-corrected chi connectivity index (χ4v) is 1.84. The van der Waals surface area contributed by atoms with Gasteiger partial charge in [0, 0.05) is 5.92 Å². The average molecular weight is 234 g/mol. The molecule has 0 aromatic heterocycles. The molecule has 2 unspecified atom stereocenters. The lowest BCUT2D eigenvalue weighted by Gasteiger charge is -2.19. The van der Waals surface area contributed by atoms with Crippen molar-refractivity contribution in [2.45, 2.75) is 32.8 Å². The molecule has 2 heteroatoms. The first-order chi connectivity index (χ1) is 8.29. The lowest BCUT2D eigenvalue weighted by Crippen LogP contribution is -2.10. The summed E-state index contributed by atoms with van der Waals surface area (Å²) in [5.41, 5.74) is 0.965. The van der Waals surface area contributed by atoms with Gasteiger partial charge < -0.3 is 9.84 Å². The summed E-state index contributed by atoms with van der Waals surface area (Å²) in [6, 6.07) is 9.78. The van der Waals surface area contributed by atoms with Gasteiger partial charge in [-0.05, 0) is 25.0 Å². The highest BCUT2D eigenvalue weighted by molar-refractivity contribution is 5.19. The van der Waals surface area contributed by atoms with Crippen molar-refractivity contribution in [2.24, 2.45) is 5.92 Å². The highest BCUT2D eigenvalue weighted by Gasteiger charge is 2.17. The quantitative estimate of drug-likeness (QED) is 0.729. The van der Waals surface area contributed by atoms with Crippen LogP contribution in [0.4, 0.5) is 0 Å². The maximum Gasteiger partial charge on any atom is 0.0853 e. The van der Waals surface area contributed by atoms with Crippen LogP contribution in [0.2, 0.25) is 0 Å². The molecule has 0 aliphatic rings. The molecule has 1 aromatic rings. The number of rotatable bonds is 7. The molecule has 1 N–H and O–H groups in total. The zero-order valence-electron chi connectivity index (χ0n) is 10.7. The van der Waals surface area contributed by atoms with E-state index in [1.54, 1.807) is 6.26 Å². The predicted molar refractivity (Wildman–Crippen MR) is 70.6 cm³/mol. The Morgan fingerprint density at radius 3 is 2.53 bits per heavy atom. The molecule has 0 aliphatic carbocycles. The summed E-state index contributed by atoms with van der Waals surface area (Å²) < 4.78 is 5.20. The molecule has 94 valence electrons. The van der Waals surface area contributed by atoms with E-state index < -0.39 is 6.10 Å². The Bertz CT molecular complexity index is 319. The Morgan fingerprint density at radius 2 is 1.94 bits per heavy atom.